The van der Waals surface area contributed by atoms with Crippen molar-refractivity contribution in [2.45, 2.75) is 31.3 Å². The van der Waals surface area contributed by atoms with Crippen LogP contribution in [-0.2, 0) is 10.0 Å². The van der Waals surface area contributed by atoms with Crippen LogP contribution in [0.5, 0.6) is 0 Å². The number of likely N-dealkylation sites (N-methyl/N-ethyl adjacent to an activating group) is 1. The van der Waals surface area contributed by atoms with Crippen LogP contribution in [0.1, 0.15) is 31.1 Å². The number of carbonyl (C=O) groups is 1. The van der Waals surface area contributed by atoms with Crippen molar-refractivity contribution in [2.75, 3.05) is 13.1 Å². The first kappa shape index (κ1) is 16.6. The van der Waals surface area contributed by atoms with E-state index in [9.17, 15) is 18.3 Å². The van der Waals surface area contributed by atoms with Crippen molar-refractivity contribution in [1.82, 2.24) is 4.31 Å². The molecule has 0 bridgehead atoms. The van der Waals surface area contributed by atoms with Crippen LogP contribution in [0, 0.1) is 0 Å². The van der Waals surface area contributed by atoms with Crippen LogP contribution in [0.4, 0.5) is 0 Å². The average molecular weight is 301 g/mol. The number of benzene rings is 1. The van der Waals surface area contributed by atoms with Crippen molar-refractivity contribution < 1.29 is 23.4 Å². The molecule has 2 N–H and O–H groups in total. The zero-order valence-electron chi connectivity index (χ0n) is 11.7. The largest absolute Gasteiger partial charge is 0.478 e. The second kappa shape index (κ2) is 5.90. The van der Waals surface area contributed by atoms with E-state index in [4.69, 9.17) is 5.11 Å². The fourth-order valence-corrected chi connectivity index (χ4v) is 3.32. The molecule has 0 aromatic heterocycles. The number of rotatable bonds is 6. The van der Waals surface area contributed by atoms with Crippen molar-refractivity contribution in [3.8, 4) is 0 Å². The number of hydrogen-bond donors (Lipinski definition) is 2. The van der Waals surface area contributed by atoms with E-state index in [2.05, 4.69) is 0 Å². The van der Waals surface area contributed by atoms with E-state index in [1.54, 1.807) is 6.92 Å². The highest BCUT2D eigenvalue weighted by Crippen LogP contribution is 2.18. The maximum Gasteiger partial charge on any atom is 0.335 e. The lowest BCUT2D eigenvalue weighted by atomic mass is 10.1. The summed E-state index contributed by atoms with van der Waals surface area (Å²) in [6.45, 7) is 4.91. The molecule has 0 unspecified atom stereocenters. The van der Waals surface area contributed by atoms with Gasteiger partial charge in [0.25, 0.3) is 0 Å². The Morgan fingerprint density at radius 1 is 1.25 bits per heavy atom. The number of carboxylic acid groups (broad SMARTS) is 1. The highest BCUT2D eigenvalue weighted by molar-refractivity contribution is 7.89. The molecule has 0 aliphatic rings. The highest BCUT2D eigenvalue weighted by Gasteiger charge is 2.28. The van der Waals surface area contributed by atoms with Crippen LogP contribution in [0.2, 0.25) is 0 Å². The van der Waals surface area contributed by atoms with Crippen LogP contribution in [0.15, 0.2) is 29.2 Å². The topological polar surface area (TPSA) is 94.9 Å². The molecular weight excluding hydrogens is 282 g/mol. The molecule has 1 rings (SSSR count). The molecule has 0 atom stereocenters. The predicted molar refractivity (Wildman–Crippen MR) is 74.1 cm³/mol. The summed E-state index contributed by atoms with van der Waals surface area (Å²) in [6.07, 6.45) is 0. The fourth-order valence-electron chi connectivity index (χ4n) is 1.72. The Bertz CT molecular complexity index is 572. The second-order valence-electron chi connectivity index (χ2n) is 5.07. The van der Waals surface area contributed by atoms with Gasteiger partial charge in [-0.25, -0.2) is 13.2 Å². The van der Waals surface area contributed by atoms with Crippen LogP contribution >= 0.6 is 0 Å². The molecule has 0 heterocycles. The molecule has 0 saturated carbocycles. The Morgan fingerprint density at radius 2 is 1.75 bits per heavy atom. The lowest BCUT2D eigenvalue weighted by Crippen LogP contribution is -2.42. The summed E-state index contributed by atoms with van der Waals surface area (Å²) in [5, 5.41) is 18.6. The fraction of sp³-hybridized carbons (Fsp3) is 0.462. The van der Waals surface area contributed by atoms with Gasteiger partial charge in [-0.15, -0.1) is 0 Å². The van der Waals surface area contributed by atoms with Crippen LogP contribution < -0.4 is 0 Å². The first-order valence-electron chi connectivity index (χ1n) is 6.14. The summed E-state index contributed by atoms with van der Waals surface area (Å²) >= 11 is 0. The molecule has 0 radical (unpaired) electrons. The molecule has 112 valence electrons. The van der Waals surface area contributed by atoms with Gasteiger partial charge in [-0.2, -0.15) is 4.31 Å². The van der Waals surface area contributed by atoms with Gasteiger partial charge in [0.05, 0.1) is 16.1 Å². The predicted octanol–water partition coefficient (Wildman–Crippen LogP) is 1.17. The minimum Gasteiger partial charge on any atom is -0.478 e. The van der Waals surface area contributed by atoms with Crippen molar-refractivity contribution in [3.05, 3.63) is 29.8 Å². The first-order chi connectivity index (χ1) is 9.08. The number of aliphatic hydroxyl groups is 1. The molecule has 7 heteroatoms. The number of hydrogen-bond acceptors (Lipinski definition) is 4. The summed E-state index contributed by atoms with van der Waals surface area (Å²) in [5.74, 6) is -1.11. The molecule has 0 fully saturated rings. The molecule has 0 aliphatic heterocycles. The van der Waals surface area contributed by atoms with Gasteiger partial charge in [0.15, 0.2) is 0 Å². The third-order valence-electron chi connectivity index (χ3n) is 2.66. The van der Waals surface area contributed by atoms with E-state index in [1.165, 1.54) is 38.1 Å². The number of nitrogens with zero attached hydrogens (tertiary/aromatic N) is 1. The Morgan fingerprint density at radius 3 is 2.10 bits per heavy atom. The maximum atomic E-state index is 12.4. The quantitative estimate of drug-likeness (QED) is 0.822. The normalized spacial score (nSPS) is 12.7. The van der Waals surface area contributed by atoms with E-state index in [0.717, 1.165) is 4.31 Å². The Labute approximate surface area is 118 Å². The molecule has 20 heavy (non-hydrogen) atoms. The Hall–Kier alpha value is -1.44. The van der Waals surface area contributed by atoms with E-state index in [0.29, 0.717) is 0 Å². The van der Waals surface area contributed by atoms with Gasteiger partial charge < -0.3 is 10.2 Å². The smallest absolute Gasteiger partial charge is 0.335 e. The van der Waals surface area contributed by atoms with Crippen LogP contribution in [-0.4, -0.2) is 47.6 Å². The third kappa shape index (κ3) is 4.03. The number of sulfonamides is 1. The minimum atomic E-state index is -3.75. The van der Waals surface area contributed by atoms with Crippen molar-refractivity contribution in [2.24, 2.45) is 0 Å². The monoisotopic (exact) mass is 301 g/mol. The molecule has 1 aromatic carbocycles. The van der Waals surface area contributed by atoms with E-state index in [1.807, 2.05) is 0 Å². The summed E-state index contributed by atoms with van der Waals surface area (Å²) in [5.41, 5.74) is -1.13. The SMILES string of the molecule is CCN(CC(C)(C)O)S(=O)(=O)c1ccc(C(=O)O)cc1. The summed E-state index contributed by atoms with van der Waals surface area (Å²) in [7, 11) is -3.75. The molecular formula is C13H19NO5S. The molecule has 0 aliphatic carbocycles. The molecule has 0 amide bonds. The highest BCUT2D eigenvalue weighted by atomic mass is 32.2. The summed E-state index contributed by atoms with van der Waals surface area (Å²) in [6, 6.07) is 5.00. The zero-order chi connectivity index (χ0) is 15.6. The summed E-state index contributed by atoms with van der Waals surface area (Å²) < 4.78 is 25.9. The zero-order valence-corrected chi connectivity index (χ0v) is 12.5. The van der Waals surface area contributed by atoms with Gasteiger partial charge in [0.2, 0.25) is 10.0 Å². The third-order valence-corrected chi connectivity index (χ3v) is 4.59. The number of carboxylic acids is 1. The lowest BCUT2D eigenvalue weighted by Gasteiger charge is -2.27. The standard InChI is InChI=1S/C13H19NO5S/c1-4-14(9-13(2,3)17)20(18,19)11-7-5-10(6-8-11)12(15)16/h5-8,17H,4,9H2,1-3H3,(H,15,16). The van der Waals surface area contributed by atoms with Gasteiger partial charge in [-0.05, 0) is 38.1 Å². The number of aromatic carboxylic acids is 1. The molecule has 6 nitrogen and oxygen atoms in total. The summed E-state index contributed by atoms with van der Waals surface area (Å²) in [4.78, 5) is 10.8. The van der Waals surface area contributed by atoms with Gasteiger partial charge in [0.1, 0.15) is 0 Å². The van der Waals surface area contributed by atoms with Crippen LogP contribution in [0.25, 0.3) is 0 Å². The van der Waals surface area contributed by atoms with Crippen molar-refractivity contribution >= 4 is 16.0 Å². The van der Waals surface area contributed by atoms with Crippen molar-refractivity contribution in [3.63, 3.8) is 0 Å². The van der Waals surface area contributed by atoms with Gasteiger partial charge in [-0.1, -0.05) is 6.92 Å². The Kier molecular flexibility index (Phi) is 4.90. The molecule has 0 saturated heterocycles. The van der Waals surface area contributed by atoms with E-state index < -0.39 is 21.6 Å². The van der Waals surface area contributed by atoms with Gasteiger partial charge in [-0.3, -0.25) is 0 Å². The van der Waals surface area contributed by atoms with Gasteiger partial charge >= 0.3 is 5.97 Å². The second-order valence-corrected chi connectivity index (χ2v) is 7.01. The Balaban J connectivity index is 3.11. The lowest BCUT2D eigenvalue weighted by molar-refractivity contribution is 0.0601. The average Bonchev–Trinajstić information content (AvgIpc) is 2.34. The van der Waals surface area contributed by atoms with Crippen molar-refractivity contribution in [1.29, 1.82) is 0 Å². The van der Waals surface area contributed by atoms with E-state index >= 15 is 0 Å². The van der Waals surface area contributed by atoms with Gasteiger partial charge in [0, 0.05) is 13.1 Å². The van der Waals surface area contributed by atoms with E-state index in [-0.39, 0.29) is 23.5 Å². The molecule has 1 aromatic rings. The van der Waals surface area contributed by atoms with Crippen LogP contribution in [0.3, 0.4) is 0 Å². The minimum absolute atomic E-state index is 0.00796. The molecule has 0 spiro atoms. The maximum absolute atomic E-state index is 12.4. The first-order valence-corrected chi connectivity index (χ1v) is 7.58.